The first-order valence-corrected chi connectivity index (χ1v) is 5.80. The van der Waals surface area contributed by atoms with E-state index in [-0.39, 0.29) is 5.82 Å². The molecule has 0 spiro atoms. The van der Waals surface area contributed by atoms with Crippen molar-refractivity contribution >= 4 is 11.8 Å². The second-order valence-electron chi connectivity index (χ2n) is 4.14. The Hall–Kier alpha value is -1.39. The zero-order valence-corrected chi connectivity index (χ0v) is 9.46. The molecule has 0 aromatic carbocycles. The molecule has 1 fully saturated rings. The lowest BCUT2D eigenvalue weighted by molar-refractivity contribution is 0.616. The van der Waals surface area contributed by atoms with Crippen LogP contribution in [-0.4, -0.2) is 23.1 Å². The Kier molecular flexibility index (Phi) is 3.54. The molecule has 1 aromatic rings. The molecule has 1 aliphatic rings. The predicted octanol–water partition coefficient (Wildman–Crippen LogP) is 2.26. The van der Waals surface area contributed by atoms with E-state index in [1.165, 1.54) is 19.0 Å². The van der Waals surface area contributed by atoms with E-state index >= 15 is 0 Å². The van der Waals surface area contributed by atoms with E-state index in [9.17, 15) is 4.39 Å². The fourth-order valence-corrected chi connectivity index (χ4v) is 1.38. The Bertz CT molecular complexity index is 352. The van der Waals surface area contributed by atoms with Gasteiger partial charge in [0.2, 0.25) is 5.95 Å². The minimum absolute atomic E-state index is 0.306. The third-order valence-electron chi connectivity index (χ3n) is 2.53. The SMILES string of the molecule is CCCNc1ncc(F)c(NCC2CC2)n1. The normalized spacial score (nSPS) is 14.9. The van der Waals surface area contributed by atoms with E-state index in [0.29, 0.717) is 17.7 Å². The Balaban J connectivity index is 1.96. The smallest absolute Gasteiger partial charge is 0.224 e. The molecule has 2 rings (SSSR count). The van der Waals surface area contributed by atoms with Gasteiger partial charge >= 0.3 is 0 Å². The number of anilines is 2. The third-order valence-corrected chi connectivity index (χ3v) is 2.53. The van der Waals surface area contributed by atoms with Crippen LogP contribution in [-0.2, 0) is 0 Å². The number of halogens is 1. The van der Waals surface area contributed by atoms with Crippen molar-refractivity contribution in [1.82, 2.24) is 9.97 Å². The number of nitrogens with one attached hydrogen (secondary N) is 2. The maximum Gasteiger partial charge on any atom is 0.224 e. The molecular formula is C11H17FN4. The van der Waals surface area contributed by atoms with Gasteiger partial charge in [-0.1, -0.05) is 6.92 Å². The molecule has 0 unspecified atom stereocenters. The Morgan fingerprint density at radius 2 is 2.25 bits per heavy atom. The summed E-state index contributed by atoms with van der Waals surface area (Å²) in [6, 6.07) is 0. The lowest BCUT2D eigenvalue weighted by atomic mass is 10.4. The summed E-state index contributed by atoms with van der Waals surface area (Å²) >= 11 is 0. The minimum atomic E-state index is -0.386. The fraction of sp³-hybridized carbons (Fsp3) is 0.636. The van der Waals surface area contributed by atoms with Gasteiger partial charge in [0.1, 0.15) is 0 Å². The van der Waals surface area contributed by atoms with Gasteiger partial charge < -0.3 is 10.6 Å². The number of hydrogen-bond acceptors (Lipinski definition) is 4. The van der Waals surface area contributed by atoms with Crippen molar-refractivity contribution in [1.29, 1.82) is 0 Å². The number of aromatic nitrogens is 2. The average Bonchev–Trinajstić information content (AvgIpc) is 3.10. The van der Waals surface area contributed by atoms with Crippen molar-refractivity contribution in [3.8, 4) is 0 Å². The highest BCUT2D eigenvalue weighted by Crippen LogP contribution is 2.29. The number of nitrogens with zero attached hydrogens (tertiary/aromatic N) is 2. The van der Waals surface area contributed by atoms with Crippen LogP contribution in [0.5, 0.6) is 0 Å². The van der Waals surface area contributed by atoms with Crippen LogP contribution in [0, 0.1) is 11.7 Å². The monoisotopic (exact) mass is 224 g/mol. The maximum atomic E-state index is 13.3. The number of hydrogen-bond donors (Lipinski definition) is 2. The van der Waals surface area contributed by atoms with E-state index in [2.05, 4.69) is 27.5 Å². The van der Waals surface area contributed by atoms with Crippen LogP contribution in [0.15, 0.2) is 6.20 Å². The predicted molar refractivity (Wildman–Crippen MR) is 62.0 cm³/mol. The summed E-state index contributed by atoms with van der Waals surface area (Å²) < 4.78 is 13.3. The maximum absolute atomic E-state index is 13.3. The van der Waals surface area contributed by atoms with Gasteiger partial charge in [-0.2, -0.15) is 4.98 Å². The first kappa shape index (κ1) is 11.1. The van der Waals surface area contributed by atoms with Gasteiger partial charge in [0.15, 0.2) is 11.6 Å². The van der Waals surface area contributed by atoms with Gasteiger partial charge in [-0.3, -0.25) is 0 Å². The van der Waals surface area contributed by atoms with Crippen LogP contribution in [0.25, 0.3) is 0 Å². The highest BCUT2D eigenvalue weighted by Gasteiger charge is 2.21. The highest BCUT2D eigenvalue weighted by molar-refractivity contribution is 5.41. The van der Waals surface area contributed by atoms with Gasteiger partial charge in [-0.15, -0.1) is 0 Å². The van der Waals surface area contributed by atoms with E-state index in [1.54, 1.807) is 0 Å². The molecule has 1 heterocycles. The van der Waals surface area contributed by atoms with Crippen molar-refractivity contribution in [2.24, 2.45) is 5.92 Å². The van der Waals surface area contributed by atoms with E-state index in [1.807, 2.05) is 0 Å². The summed E-state index contributed by atoms with van der Waals surface area (Å²) in [6.45, 7) is 3.66. The standard InChI is InChI=1S/C11H17FN4/c1-2-5-13-11-15-7-9(12)10(16-11)14-6-8-3-4-8/h7-8H,2-6H2,1H3,(H2,13,14,15,16). The fourth-order valence-electron chi connectivity index (χ4n) is 1.38. The zero-order chi connectivity index (χ0) is 11.4. The molecule has 0 bridgehead atoms. The molecule has 0 aliphatic heterocycles. The Morgan fingerprint density at radius 3 is 2.94 bits per heavy atom. The minimum Gasteiger partial charge on any atom is -0.367 e. The summed E-state index contributed by atoms with van der Waals surface area (Å²) in [6.07, 6.45) is 4.67. The molecule has 88 valence electrons. The summed E-state index contributed by atoms with van der Waals surface area (Å²) in [7, 11) is 0. The summed E-state index contributed by atoms with van der Waals surface area (Å²) in [4.78, 5) is 7.98. The van der Waals surface area contributed by atoms with Crippen LogP contribution in [0.2, 0.25) is 0 Å². The Morgan fingerprint density at radius 1 is 1.44 bits per heavy atom. The molecule has 0 amide bonds. The molecular weight excluding hydrogens is 207 g/mol. The molecule has 16 heavy (non-hydrogen) atoms. The third kappa shape index (κ3) is 3.05. The molecule has 1 saturated carbocycles. The second kappa shape index (κ2) is 5.09. The van der Waals surface area contributed by atoms with Crippen molar-refractivity contribution in [3.63, 3.8) is 0 Å². The summed E-state index contributed by atoms with van der Waals surface area (Å²) in [5.41, 5.74) is 0. The molecule has 0 atom stereocenters. The summed E-state index contributed by atoms with van der Waals surface area (Å²) in [5, 5.41) is 6.06. The van der Waals surface area contributed by atoms with Gasteiger partial charge in [0.05, 0.1) is 6.20 Å². The van der Waals surface area contributed by atoms with Crippen LogP contribution < -0.4 is 10.6 Å². The first-order valence-electron chi connectivity index (χ1n) is 5.80. The molecule has 5 heteroatoms. The lowest BCUT2D eigenvalue weighted by Crippen LogP contribution is -2.10. The summed E-state index contributed by atoms with van der Waals surface area (Å²) in [5.74, 6) is 1.10. The molecule has 1 aromatic heterocycles. The number of rotatable bonds is 6. The van der Waals surface area contributed by atoms with Crippen LogP contribution >= 0.6 is 0 Å². The molecule has 4 nitrogen and oxygen atoms in total. The van der Waals surface area contributed by atoms with Crippen LogP contribution in [0.4, 0.5) is 16.2 Å². The first-order chi connectivity index (χ1) is 7.79. The van der Waals surface area contributed by atoms with Crippen molar-refractivity contribution < 1.29 is 4.39 Å². The lowest BCUT2D eigenvalue weighted by Gasteiger charge is -2.08. The van der Waals surface area contributed by atoms with E-state index in [0.717, 1.165) is 19.5 Å². The Labute approximate surface area is 94.7 Å². The molecule has 2 N–H and O–H groups in total. The highest BCUT2D eigenvalue weighted by atomic mass is 19.1. The molecule has 0 saturated heterocycles. The average molecular weight is 224 g/mol. The topological polar surface area (TPSA) is 49.8 Å². The van der Waals surface area contributed by atoms with Crippen molar-refractivity contribution in [2.45, 2.75) is 26.2 Å². The van der Waals surface area contributed by atoms with Gasteiger partial charge in [-0.05, 0) is 25.2 Å². The zero-order valence-electron chi connectivity index (χ0n) is 9.46. The molecule has 0 radical (unpaired) electrons. The largest absolute Gasteiger partial charge is 0.367 e. The van der Waals surface area contributed by atoms with Crippen LogP contribution in [0.3, 0.4) is 0 Å². The van der Waals surface area contributed by atoms with Gasteiger partial charge in [0, 0.05) is 13.1 Å². The van der Waals surface area contributed by atoms with E-state index in [4.69, 9.17) is 0 Å². The van der Waals surface area contributed by atoms with Crippen LogP contribution in [0.1, 0.15) is 26.2 Å². The van der Waals surface area contributed by atoms with Crippen molar-refractivity contribution in [2.75, 3.05) is 23.7 Å². The second-order valence-corrected chi connectivity index (χ2v) is 4.14. The van der Waals surface area contributed by atoms with Gasteiger partial charge in [-0.25, -0.2) is 9.37 Å². The van der Waals surface area contributed by atoms with Gasteiger partial charge in [0.25, 0.3) is 0 Å². The van der Waals surface area contributed by atoms with E-state index < -0.39 is 0 Å². The molecule has 1 aliphatic carbocycles. The quantitative estimate of drug-likeness (QED) is 0.778. The van der Waals surface area contributed by atoms with Crippen molar-refractivity contribution in [3.05, 3.63) is 12.0 Å².